The Morgan fingerprint density at radius 2 is 2.00 bits per heavy atom. The third kappa shape index (κ3) is 4.15. The zero-order valence-corrected chi connectivity index (χ0v) is 14.7. The number of furan rings is 1. The van der Waals surface area contributed by atoms with Crippen molar-refractivity contribution in [1.29, 1.82) is 0 Å². The Bertz CT molecular complexity index is 833. The molecule has 0 aliphatic rings. The van der Waals surface area contributed by atoms with Gasteiger partial charge in [-0.2, -0.15) is 9.67 Å². The number of anilines is 1. The lowest BCUT2D eigenvalue weighted by molar-refractivity contribution is 0.0873. The summed E-state index contributed by atoms with van der Waals surface area (Å²) in [7, 11) is 0. The number of aromatic nitrogens is 3. The Kier molecular flexibility index (Phi) is 4.97. The molecule has 25 heavy (non-hydrogen) atoms. The molecule has 6 nitrogen and oxygen atoms in total. The fourth-order valence-corrected chi connectivity index (χ4v) is 2.43. The molecule has 0 bridgehead atoms. The van der Waals surface area contributed by atoms with Crippen molar-refractivity contribution in [2.24, 2.45) is 5.92 Å². The lowest BCUT2D eigenvalue weighted by atomic mass is 10.1. The summed E-state index contributed by atoms with van der Waals surface area (Å²) in [5.74, 6) is 1.51. The Balaban J connectivity index is 1.84. The van der Waals surface area contributed by atoms with Crippen LogP contribution in [0.1, 0.15) is 36.2 Å². The second-order valence-electron chi connectivity index (χ2n) is 6.48. The Hall–Kier alpha value is -2.89. The minimum Gasteiger partial charge on any atom is -0.461 e. The largest absolute Gasteiger partial charge is 0.461 e. The molecule has 0 fully saturated rings. The van der Waals surface area contributed by atoms with Crippen LogP contribution < -0.4 is 5.32 Å². The van der Waals surface area contributed by atoms with Gasteiger partial charge < -0.3 is 9.73 Å². The van der Waals surface area contributed by atoms with Gasteiger partial charge in [-0.15, -0.1) is 5.10 Å². The van der Waals surface area contributed by atoms with E-state index in [-0.39, 0.29) is 11.8 Å². The number of carbonyl (C=O) groups excluding carboxylic acids is 1. The first-order valence-electron chi connectivity index (χ1n) is 8.36. The molecule has 130 valence electrons. The zero-order valence-electron chi connectivity index (χ0n) is 14.7. The van der Waals surface area contributed by atoms with Crippen LogP contribution in [0.25, 0.3) is 11.6 Å². The number of hydrogen-bond acceptors (Lipinski definition) is 5. The van der Waals surface area contributed by atoms with Gasteiger partial charge in [-0.3, -0.25) is 4.79 Å². The molecule has 2 aromatic heterocycles. The number of benzene rings is 1. The van der Waals surface area contributed by atoms with E-state index in [0.29, 0.717) is 30.5 Å². The van der Waals surface area contributed by atoms with Gasteiger partial charge in [0.15, 0.2) is 5.76 Å². The third-order valence-corrected chi connectivity index (χ3v) is 3.74. The molecule has 3 aromatic rings. The molecule has 6 heteroatoms. The number of rotatable bonds is 6. The molecule has 3 rings (SSSR count). The van der Waals surface area contributed by atoms with E-state index in [0.717, 1.165) is 5.56 Å². The maximum absolute atomic E-state index is 12.5. The Morgan fingerprint density at radius 1 is 1.24 bits per heavy atom. The van der Waals surface area contributed by atoms with Crippen LogP contribution in [0.5, 0.6) is 0 Å². The van der Waals surface area contributed by atoms with Gasteiger partial charge in [0.25, 0.3) is 0 Å². The molecule has 1 aromatic carbocycles. The van der Waals surface area contributed by atoms with Crippen LogP contribution in [0.15, 0.2) is 47.1 Å². The summed E-state index contributed by atoms with van der Waals surface area (Å²) in [6, 6.07) is 11.8. The summed E-state index contributed by atoms with van der Waals surface area (Å²) < 4.78 is 6.69. The lowest BCUT2D eigenvalue weighted by Gasteiger charge is -2.08. The number of aryl methyl sites for hydroxylation is 1. The van der Waals surface area contributed by atoms with Crippen molar-refractivity contribution in [2.45, 2.75) is 33.7 Å². The minimum absolute atomic E-state index is 0.0910. The molecular formula is C19H22N4O2. The van der Waals surface area contributed by atoms with Crippen molar-refractivity contribution < 1.29 is 9.21 Å². The smallest absolute Gasteiger partial charge is 0.250 e. The summed E-state index contributed by atoms with van der Waals surface area (Å²) in [5, 5.41) is 7.54. The molecule has 0 aliphatic carbocycles. The minimum atomic E-state index is -0.0910. The molecule has 0 atom stereocenters. The highest BCUT2D eigenvalue weighted by Gasteiger charge is 2.19. The molecule has 0 aliphatic heterocycles. The molecule has 0 saturated heterocycles. The number of hydrogen-bond donors (Lipinski definition) is 1. The first-order valence-corrected chi connectivity index (χ1v) is 8.36. The van der Waals surface area contributed by atoms with E-state index in [1.54, 1.807) is 18.4 Å². The van der Waals surface area contributed by atoms with Crippen molar-refractivity contribution in [2.75, 3.05) is 5.32 Å². The molecule has 0 amide bonds. The number of carbonyl (C=O) groups is 1. The van der Waals surface area contributed by atoms with Crippen LogP contribution in [0.4, 0.5) is 5.95 Å². The first-order chi connectivity index (χ1) is 12.0. The van der Waals surface area contributed by atoms with E-state index in [1.165, 1.54) is 10.2 Å². The summed E-state index contributed by atoms with van der Waals surface area (Å²) in [4.78, 5) is 16.9. The molecule has 1 N–H and O–H groups in total. The molecule has 0 radical (unpaired) electrons. The highest BCUT2D eigenvalue weighted by molar-refractivity contribution is 5.81. The van der Waals surface area contributed by atoms with Crippen molar-refractivity contribution in [1.82, 2.24) is 14.8 Å². The van der Waals surface area contributed by atoms with Gasteiger partial charge in [0.1, 0.15) is 0 Å². The van der Waals surface area contributed by atoms with Crippen LogP contribution in [0, 0.1) is 12.8 Å². The van der Waals surface area contributed by atoms with Crippen molar-refractivity contribution in [3.8, 4) is 11.6 Å². The van der Waals surface area contributed by atoms with Gasteiger partial charge in [-0.1, -0.05) is 43.7 Å². The molecule has 2 heterocycles. The van der Waals surface area contributed by atoms with E-state index < -0.39 is 0 Å². The van der Waals surface area contributed by atoms with Crippen molar-refractivity contribution in [3.05, 3.63) is 53.8 Å². The van der Waals surface area contributed by atoms with Gasteiger partial charge >= 0.3 is 0 Å². The van der Waals surface area contributed by atoms with Crippen LogP contribution >= 0.6 is 0 Å². The van der Waals surface area contributed by atoms with Crippen molar-refractivity contribution in [3.63, 3.8) is 0 Å². The average molecular weight is 338 g/mol. The topological polar surface area (TPSA) is 73.0 Å². The van der Waals surface area contributed by atoms with E-state index in [9.17, 15) is 4.79 Å². The van der Waals surface area contributed by atoms with Crippen LogP contribution in [0.2, 0.25) is 0 Å². The van der Waals surface area contributed by atoms with Gasteiger partial charge in [0.05, 0.1) is 6.26 Å². The highest BCUT2D eigenvalue weighted by atomic mass is 16.3. The number of nitrogens with zero attached hydrogens (tertiary/aromatic N) is 3. The van der Waals surface area contributed by atoms with E-state index in [2.05, 4.69) is 27.5 Å². The second-order valence-corrected chi connectivity index (χ2v) is 6.48. The Morgan fingerprint density at radius 3 is 2.64 bits per heavy atom. The van der Waals surface area contributed by atoms with Gasteiger partial charge in [-0.25, -0.2) is 0 Å². The fourth-order valence-electron chi connectivity index (χ4n) is 2.43. The standard InChI is InChI=1S/C19H22N4O2/c1-13(2)11-17(24)23-19(20-12-15-8-6-14(3)7-9-15)21-18(22-23)16-5-4-10-25-16/h4-10,13H,11-12H2,1-3H3,(H,20,21,22). The molecule has 0 unspecified atom stereocenters. The summed E-state index contributed by atoms with van der Waals surface area (Å²) in [6.45, 7) is 6.61. The third-order valence-electron chi connectivity index (χ3n) is 3.74. The van der Waals surface area contributed by atoms with Crippen molar-refractivity contribution >= 4 is 11.9 Å². The van der Waals surface area contributed by atoms with E-state index >= 15 is 0 Å². The summed E-state index contributed by atoms with van der Waals surface area (Å²) in [5.41, 5.74) is 2.31. The highest BCUT2D eigenvalue weighted by Crippen LogP contribution is 2.19. The fraction of sp³-hybridized carbons (Fsp3) is 0.316. The molecule has 0 spiro atoms. The normalized spacial score (nSPS) is 11.0. The quantitative estimate of drug-likeness (QED) is 0.731. The summed E-state index contributed by atoms with van der Waals surface area (Å²) >= 11 is 0. The van der Waals surface area contributed by atoms with Gasteiger partial charge in [-0.05, 0) is 30.5 Å². The van der Waals surface area contributed by atoms with E-state index in [4.69, 9.17) is 4.42 Å². The van der Waals surface area contributed by atoms with Gasteiger partial charge in [0, 0.05) is 13.0 Å². The molecular weight excluding hydrogens is 316 g/mol. The van der Waals surface area contributed by atoms with Crippen LogP contribution in [0.3, 0.4) is 0 Å². The SMILES string of the molecule is Cc1ccc(CNc2nc(-c3ccco3)nn2C(=O)CC(C)C)cc1. The maximum Gasteiger partial charge on any atom is 0.250 e. The monoisotopic (exact) mass is 338 g/mol. The van der Waals surface area contributed by atoms with Gasteiger partial charge in [0.2, 0.25) is 17.7 Å². The number of nitrogens with one attached hydrogen (secondary N) is 1. The average Bonchev–Trinajstić information content (AvgIpc) is 3.23. The molecule has 0 saturated carbocycles. The van der Waals surface area contributed by atoms with E-state index in [1.807, 2.05) is 32.9 Å². The Labute approximate surface area is 146 Å². The summed E-state index contributed by atoms with van der Waals surface area (Å²) in [6.07, 6.45) is 1.96. The predicted molar refractivity (Wildman–Crippen MR) is 96.3 cm³/mol. The van der Waals surface area contributed by atoms with Crippen LogP contribution in [-0.4, -0.2) is 20.7 Å². The zero-order chi connectivity index (χ0) is 17.8. The second kappa shape index (κ2) is 7.34. The van der Waals surface area contributed by atoms with Crippen LogP contribution in [-0.2, 0) is 6.54 Å². The predicted octanol–water partition coefficient (Wildman–Crippen LogP) is 4.14. The first kappa shape index (κ1) is 17.0. The maximum atomic E-state index is 12.5. The lowest BCUT2D eigenvalue weighted by Crippen LogP contribution is -2.18.